The number of nitrogens with zero attached hydrogens (tertiary/aromatic N) is 2. The van der Waals surface area contributed by atoms with E-state index in [0.29, 0.717) is 6.61 Å². The molecule has 2 rings (SSSR count). The number of aryl methyl sites for hydroxylation is 1. The maximum absolute atomic E-state index is 5.92. The summed E-state index contributed by atoms with van der Waals surface area (Å²) in [5.41, 5.74) is 2.39. The van der Waals surface area contributed by atoms with E-state index in [4.69, 9.17) is 16.3 Å². The van der Waals surface area contributed by atoms with Crippen LogP contribution in [-0.2, 0) is 18.2 Å². The first-order valence-electron chi connectivity index (χ1n) is 6.65. The molecule has 0 aliphatic heterocycles. The minimum absolute atomic E-state index is 0.172. The van der Waals surface area contributed by atoms with Crippen LogP contribution in [-0.4, -0.2) is 30.0 Å². The van der Waals surface area contributed by atoms with Crippen molar-refractivity contribution in [3.8, 4) is 0 Å². The molecule has 1 unspecified atom stereocenters. The first kappa shape index (κ1) is 15.0. The topological polar surface area (TPSA) is 39.1 Å². The van der Waals surface area contributed by atoms with Gasteiger partial charge in [-0.25, -0.2) is 0 Å². The zero-order valence-electron chi connectivity index (χ0n) is 11.8. The molecule has 0 bridgehead atoms. The molecule has 0 saturated carbocycles. The monoisotopic (exact) mass is 293 g/mol. The third-order valence-corrected chi connectivity index (χ3v) is 3.55. The van der Waals surface area contributed by atoms with Crippen LogP contribution in [0.1, 0.15) is 17.3 Å². The van der Waals surface area contributed by atoms with Gasteiger partial charge in [-0.15, -0.1) is 0 Å². The van der Waals surface area contributed by atoms with Gasteiger partial charge < -0.3 is 10.1 Å². The molecule has 0 aliphatic rings. The van der Waals surface area contributed by atoms with Gasteiger partial charge in [0.15, 0.2) is 0 Å². The number of ether oxygens (including phenoxy) is 1. The van der Waals surface area contributed by atoms with Crippen LogP contribution < -0.4 is 5.32 Å². The average molecular weight is 294 g/mol. The van der Waals surface area contributed by atoms with E-state index in [9.17, 15) is 0 Å². The highest BCUT2D eigenvalue weighted by atomic mass is 35.5. The fourth-order valence-corrected chi connectivity index (χ4v) is 2.28. The summed E-state index contributed by atoms with van der Waals surface area (Å²) >= 11 is 5.92. The molecule has 0 aliphatic carbocycles. The molecule has 1 aromatic carbocycles. The van der Waals surface area contributed by atoms with Gasteiger partial charge in [0, 0.05) is 44.0 Å². The van der Waals surface area contributed by atoms with Crippen LogP contribution in [0.15, 0.2) is 36.5 Å². The molecule has 0 fully saturated rings. The third kappa shape index (κ3) is 4.07. The van der Waals surface area contributed by atoms with E-state index < -0.39 is 0 Å². The highest BCUT2D eigenvalue weighted by Gasteiger charge is 2.10. The van der Waals surface area contributed by atoms with Gasteiger partial charge >= 0.3 is 0 Å². The molecule has 5 heteroatoms. The van der Waals surface area contributed by atoms with Crippen LogP contribution in [0.4, 0.5) is 0 Å². The highest BCUT2D eigenvalue weighted by Crippen LogP contribution is 2.17. The van der Waals surface area contributed by atoms with Crippen LogP contribution in [0.5, 0.6) is 0 Å². The maximum atomic E-state index is 5.92. The van der Waals surface area contributed by atoms with Crippen molar-refractivity contribution in [2.75, 3.05) is 20.3 Å². The van der Waals surface area contributed by atoms with Crippen molar-refractivity contribution in [1.29, 1.82) is 0 Å². The van der Waals surface area contributed by atoms with E-state index in [1.165, 1.54) is 11.3 Å². The molecule has 1 N–H and O–H groups in total. The molecule has 0 spiro atoms. The Balaban J connectivity index is 1.92. The molecule has 1 atom stereocenters. The third-order valence-electron chi connectivity index (χ3n) is 3.30. The second kappa shape index (κ2) is 7.43. The van der Waals surface area contributed by atoms with E-state index in [2.05, 4.69) is 10.4 Å². The summed E-state index contributed by atoms with van der Waals surface area (Å²) in [6, 6.07) is 10.1. The van der Waals surface area contributed by atoms with E-state index in [1.54, 1.807) is 7.11 Å². The zero-order chi connectivity index (χ0) is 14.4. The first-order valence-corrected chi connectivity index (χ1v) is 7.03. The van der Waals surface area contributed by atoms with Gasteiger partial charge in [0.1, 0.15) is 0 Å². The molecule has 1 aromatic heterocycles. The SMILES string of the molecule is COCC(NCCc1ccnn1C)c1ccc(Cl)cc1. The lowest BCUT2D eigenvalue weighted by molar-refractivity contribution is 0.167. The Labute approximate surface area is 124 Å². The minimum Gasteiger partial charge on any atom is -0.383 e. The fraction of sp³-hybridized carbons (Fsp3) is 0.400. The smallest absolute Gasteiger partial charge is 0.0657 e. The summed E-state index contributed by atoms with van der Waals surface area (Å²) < 4.78 is 7.19. The summed E-state index contributed by atoms with van der Waals surface area (Å²) in [7, 11) is 3.67. The molecular formula is C15H20ClN3O. The van der Waals surface area contributed by atoms with Gasteiger partial charge in [-0.1, -0.05) is 23.7 Å². The summed E-state index contributed by atoms with van der Waals surface area (Å²) in [4.78, 5) is 0. The molecule has 0 saturated heterocycles. The molecular weight excluding hydrogens is 274 g/mol. The van der Waals surface area contributed by atoms with Gasteiger partial charge in [0.05, 0.1) is 12.6 Å². The fourth-order valence-electron chi connectivity index (χ4n) is 2.16. The molecule has 1 heterocycles. The van der Waals surface area contributed by atoms with E-state index in [-0.39, 0.29) is 6.04 Å². The highest BCUT2D eigenvalue weighted by molar-refractivity contribution is 6.30. The molecule has 0 amide bonds. The lowest BCUT2D eigenvalue weighted by Crippen LogP contribution is -2.27. The van der Waals surface area contributed by atoms with Crippen LogP contribution in [0, 0.1) is 0 Å². The van der Waals surface area contributed by atoms with E-state index in [1.807, 2.05) is 48.3 Å². The summed E-state index contributed by atoms with van der Waals surface area (Å²) in [6.07, 6.45) is 2.76. The summed E-state index contributed by atoms with van der Waals surface area (Å²) in [5, 5.41) is 8.43. The summed E-state index contributed by atoms with van der Waals surface area (Å²) in [5.74, 6) is 0. The standard InChI is InChI=1S/C15H20ClN3O/c1-19-14(8-10-18-19)7-9-17-15(11-20-2)12-3-5-13(16)6-4-12/h3-6,8,10,15,17H,7,9,11H2,1-2H3. The summed E-state index contributed by atoms with van der Waals surface area (Å²) in [6.45, 7) is 1.50. The molecule has 0 radical (unpaired) electrons. The van der Waals surface area contributed by atoms with Crippen molar-refractivity contribution in [1.82, 2.24) is 15.1 Å². The molecule has 4 nitrogen and oxygen atoms in total. The predicted octanol–water partition coefficient (Wildman–Crippen LogP) is 2.59. The number of aromatic nitrogens is 2. The number of rotatable bonds is 7. The van der Waals surface area contributed by atoms with E-state index >= 15 is 0 Å². The molecule has 2 aromatic rings. The van der Waals surface area contributed by atoms with Crippen molar-refractivity contribution in [3.05, 3.63) is 52.8 Å². The lowest BCUT2D eigenvalue weighted by Gasteiger charge is -2.18. The normalized spacial score (nSPS) is 12.6. The second-order valence-electron chi connectivity index (χ2n) is 4.71. The second-order valence-corrected chi connectivity index (χ2v) is 5.15. The van der Waals surface area contributed by atoms with Gasteiger partial charge in [-0.2, -0.15) is 5.10 Å². The number of benzene rings is 1. The number of hydrogen-bond donors (Lipinski definition) is 1. The Kier molecular flexibility index (Phi) is 5.59. The Hall–Kier alpha value is -1.36. The largest absolute Gasteiger partial charge is 0.383 e. The van der Waals surface area contributed by atoms with Gasteiger partial charge in [-0.05, 0) is 23.8 Å². The van der Waals surface area contributed by atoms with Crippen molar-refractivity contribution in [2.24, 2.45) is 7.05 Å². The number of nitrogens with one attached hydrogen (secondary N) is 1. The minimum atomic E-state index is 0.172. The van der Waals surface area contributed by atoms with Crippen molar-refractivity contribution < 1.29 is 4.74 Å². The Bertz CT molecular complexity index is 524. The zero-order valence-corrected chi connectivity index (χ0v) is 12.6. The van der Waals surface area contributed by atoms with Gasteiger partial charge in [0.25, 0.3) is 0 Å². The quantitative estimate of drug-likeness (QED) is 0.853. The Morgan fingerprint density at radius 2 is 2.05 bits per heavy atom. The van der Waals surface area contributed by atoms with Crippen molar-refractivity contribution in [3.63, 3.8) is 0 Å². The predicted molar refractivity (Wildman–Crippen MR) is 81.0 cm³/mol. The molecule has 108 valence electrons. The van der Waals surface area contributed by atoms with Crippen molar-refractivity contribution >= 4 is 11.6 Å². The maximum Gasteiger partial charge on any atom is 0.0657 e. The first-order chi connectivity index (χ1) is 9.70. The molecule has 20 heavy (non-hydrogen) atoms. The van der Waals surface area contributed by atoms with Crippen LogP contribution in [0.3, 0.4) is 0 Å². The van der Waals surface area contributed by atoms with Gasteiger partial charge in [0.2, 0.25) is 0 Å². The lowest BCUT2D eigenvalue weighted by atomic mass is 10.1. The van der Waals surface area contributed by atoms with E-state index in [0.717, 1.165) is 18.0 Å². The number of hydrogen-bond acceptors (Lipinski definition) is 3. The van der Waals surface area contributed by atoms with Crippen LogP contribution >= 0.6 is 11.6 Å². The van der Waals surface area contributed by atoms with Gasteiger partial charge in [-0.3, -0.25) is 4.68 Å². The Morgan fingerprint density at radius 3 is 2.65 bits per heavy atom. The van der Waals surface area contributed by atoms with Crippen molar-refractivity contribution in [2.45, 2.75) is 12.5 Å². The number of halogens is 1. The van der Waals surface area contributed by atoms with Crippen LogP contribution in [0.2, 0.25) is 5.02 Å². The Morgan fingerprint density at radius 1 is 1.30 bits per heavy atom. The number of methoxy groups -OCH3 is 1. The average Bonchev–Trinajstić information content (AvgIpc) is 2.84. The van der Waals surface area contributed by atoms with Crippen LogP contribution in [0.25, 0.3) is 0 Å².